The van der Waals surface area contributed by atoms with Gasteiger partial charge in [0, 0.05) is 6.08 Å². The van der Waals surface area contributed by atoms with E-state index in [4.69, 9.17) is 0 Å². The molecular formula is C15H29NaO5S. The van der Waals surface area contributed by atoms with Gasteiger partial charge in [0.1, 0.15) is 0 Å². The first-order valence-corrected chi connectivity index (χ1v) is 9.10. The van der Waals surface area contributed by atoms with Gasteiger partial charge in [0.25, 0.3) is 0 Å². The first-order valence-electron chi connectivity index (χ1n) is 7.77. The van der Waals surface area contributed by atoms with Crippen LogP contribution in [0.2, 0.25) is 0 Å². The predicted octanol–water partition coefficient (Wildman–Crippen LogP) is 3.25. The third-order valence-corrected chi connectivity index (χ3v) is 3.90. The number of hydrogen-bond donors (Lipinski definition) is 0. The number of carbonyl (C=O) groups is 1. The van der Waals surface area contributed by atoms with Gasteiger partial charge < -0.3 is 4.18 Å². The Bertz CT molecular complexity index is 381. The van der Waals surface area contributed by atoms with E-state index in [9.17, 15) is 13.2 Å². The average Bonchev–Trinajstić information content (AvgIpc) is 2.44. The summed E-state index contributed by atoms with van der Waals surface area (Å²) in [5.74, 6) is -1.03. The van der Waals surface area contributed by atoms with Crippen LogP contribution in [-0.2, 0) is 23.6 Å². The molecule has 0 saturated carbocycles. The summed E-state index contributed by atoms with van der Waals surface area (Å²) in [6, 6.07) is 0. The van der Waals surface area contributed by atoms with Crippen molar-refractivity contribution in [2.75, 3.05) is 6.61 Å². The van der Waals surface area contributed by atoms with Gasteiger partial charge >= 0.3 is 45.9 Å². The van der Waals surface area contributed by atoms with E-state index < -0.39 is 16.4 Å². The maximum absolute atomic E-state index is 11.1. The topological polar surface area (TPSA) is 69.7 Å². The Morgan fingerprint density at radius 3 is 1.86 bits per heavy atom. The van der Waals surface area contributed by atoms with E-state index >= 15 is 0 Å². The quantitative estimate of drug-likeness (QED) is 0.275. The summed E-state index contributed by atoms with van der Waals surface area (Å²) in [5.41, 5.74) is 0. The molecule has 0 aliphatic carbocycles. The van der Waals surface area contributed by atoms with Crippen LogP contribution in [0, 0.1) is 0 Å². The van der Waals surface area contributed by atoms with Gasteiger partial charge in [-0.3, -0.25) is 0 Å². The second-order valence-corrected chi connectivity index (χ2v) is 6.24. The summed E-state index contributed by atoms with van der Waals surface area (Å²) in [5, 5.41) is 0. The molecule has 126 valence electrons. The van der Waals surface area contributed by atoms with Crippen molar-refractivity contribution < 1.29 is 21.6 Å². The summed E-state index contributed by atoms with van der Waals surface area (Å²) >= 11 is 0. The van der Waals surface area contributed by atoms with E-state index in [2.05, 4.69) is 21.9 Å². The molecule has 0 aromatic carbocycles. The van der Waals surface area contributed by atoms with Gasteiger partial charge in [0.05, 0.1) is 6.61 Å². The van der Waals surface area contributed by atoms with Crippen LogP contribution in [0.1, 0.15) is 71.1 Å². The second kappa shape index (κ2) is 16.0. The average molecular weight is 344 g/mol. The van der Waals surface area contributed by atoms with Gasteiger partial charge in [-0.25, -0.2) is 8.98 Å². The van der Waals surface area contributed by atoms with Gasteiger partial charge in [0.15, 0.2) is 0 Å². The van der Waals surface area contributed by atoms with Crippen LogP contribution in [0.5, 0.6) is 0 Å². The van der Waals surface area contributed by atoms with Crippen LogP contribution in [0.4, 0.5) is 0 Å². The molecule has 0 heterocycles. The van der Waals surface area contributed by atoms with Crippen molar-refractivity contribution in [1.29, 1.82) is 0 Å². The van der Waals surface area contributed by atoms with Crippen molar-refractivity contribution in [2.24, 2.45) is 0 Å². The normalized spacial score (nSPS) is 10.8. The van der Waals surface area contributed by atoms with Crippen molar-refractivity contribution in [3.63, 3.8) is 0 Å². The number of rotatable bonds is 14. The van der Waals surface area contributed by atoms with E-state index in [1.54, 1.807) is 0 Å². The molecule has 22 heavy (non-hydrogen) atoms. The number of hydrogen-bond acceptors (Lipinski definition) is 5. The van der Waals surface area contributed by atoms with Crippen molar-refractivity contribution in [3.05, 3.63) is 12.7 Å². The summed E-state index contributed by atoms with van der Waals surface area (Å²) < 4.78 is 30.9. The second-order valence-electron chi connectivity index (χ2n) is 5.02. The van der Waals surface area contributed by atoms with Crippen LogP contribution < -0.4 is 0 Å². The van der Waals surface area contributed by atoms with Crippen molar-refractivity contribution >= 4 is 45.9 Å². The molecular weight excluding hydrogens is 315 g/mol. The van der Waals surface area contributed by atoms with Gasteiger partial charge in [-0.1, -0.05) is 71.3 Å². The summed E-state index contributed by atoms with van der Waals surface area (Å²) in [7, 11) is -4.22. The Kier molecular flexibility index (Phi) is 17.7. The molecule has 0 radical (unpaired) electrons. The minimum atomic E-state index is -4.22. The Balaban J connectivity index is 0. The van der Waals surface area contributed by atoms with Gasteiger partial charge in [0.2, 0.25) is 0 Å². The van der Waals surface area contributed by atoms with E-state index in [0.717, 1.165) is 18.9 Å². The summed E-state index contributed by atoms with van der Waals surface area (Å²) in [6.07, 6.45) is 12.3. The standard InChI is InChI=1S/C15H28O5S.Na.H/c1-3-5-6-7-8-9-10-11-12-13-14-19-21(17,18)20-15(16)4-2;;/h4H,2-3,5-14H2,1H3;;. The molecule has 0 aliphatic heterocycles. The maximum atomic E-state index is 11.1. The SMILES string of the molecule is C=CC(=O)OS(=O)(=O)OCCCCCCCCCCCC.[NaH]. The molecule has 7 heteroatoms. The first-order chi connectivity index (χ1) is 10.0. The fourth-order valence-corrected chi connectivity index (χ4v) is 2.55. The van der Waals surface area contributed by atoms with Crippen LogP contribution in [0.25, 0.3) is 0 Å². The molecule has 0 aromatic rings. The van der Waals surface area contributed by atoms with Crippen LogP contribution in [0.15, 0.2) is 12.7 Å². The Hall–Kier alpha value is 0.120. The monoisotopic (exact) mass is 344 g/mol. The molecule has 0 saturated heterocycles. The molecule has 0 bridgehead atoms. The molecule has 0 spiro atoms. The van der Waals surface area contributed by atoms with E-state index in [1.807, 2.05) is 0 Å². The van der Waals surface area contributed by atoms with Crippen molar-refractivity contribution in [1.82, 2.24) is 0 Å². The molecule has 0 amide bonds. The Labute approximate surface area is 157 Å². The molecule has 0 fully saturated rings. The summed E-state index contributed by atoms with van der Waals surface area (Å²) in [4.78, 5) is 10.7. The number of carbonyl (C=O) groups excluding carboxylic acids is 1. The Morgan fingerprint density at radius 1 is 0.955 bits per heavy atom. The molecule has 0 unspecified atom stereocenters. The van der Waals surface area contributed by atoms with Gasteiger partial charge in [-0.05, 0) is 6.42 Å². The molecule has 0 atom stereocenters. The third kappa shape index (κ3) is 16.5. The van der Waals surface area contributed by atoms with Crippen LogP contribution in [0.3, 0.4) is 0 Å². The number of unbranched alkanes of at least 4 members (excludes halogenated alkanes) is 9. The van der Waals surface area contributed by atoms with Gasteiger partial charge in [-0.15, -0.1) is 0 Å². The fourth-order valence-electron chi connectivity index (χ4n) is 1.91. The van der Waals surface area contributed by atoms with E-state index in [0.29, 0.717) is 6.42 Å². The van der Waals surface area contributed by atoms with Gasteiger partial charge in [-0.2, -0.15) is 8.42 Å². The zero-order valence-electron chi connectivity index (χ0n) is 13.0. The van der Waals surface area contributed by atoms with Crippen molar-refractivity contribution in [2.45, 2.75) is 71.1 Å². The minimum absolute atomic E-state index is 0. The molecule has 5 nitrogen and oxygen atoms in total. The van der Waals surface area contributed by atoms with E-state index in [-0.39, 0.29) is 36.2 Å². The zero-order chi connectivity index (χ0) is 16.0. The van der Waals surface area contributed by atoms with Crippen LogP contribution >= 0.6 is 0 Å². The molecule has 0 N–H and O–H groups in total. The fraction of sp³-hybridized carbons (Fsp3) is 0.800. The summed E-state index contributed by atoms with van der Waals surface area (Å²) in [6.45, 7) is 5.37. The zero-order valence-corrected chi connectivity index (χ0v) is 13.8. The van der Waals surface area contributed by atoms with Crippen LogP contribution in [-0.4, -0.2) is 50.6 Å². The van der Waals surface area contributed by atoms with Crippen molar-refractivity contribution in [3.8, 4) is 0 Å². The molecule has 0 aromatic heterocycles. The molecule has 0 rings (SSSR count). The van der Waals surface area contributed by atoms with E-state index in [1.165, 1.54) is 44.9 Å². The first kappa shape index (κ1) is 24.4. The Morgan fingerprint density at radius 2 is 1.41 bits per heavy atom. The predicted molar refractivity (Wildman–Crippen MR) is 90.2 cm³/mol. The third-order valence-electron chi connectivity index (χ3n) is 3.08. The molecule has 0 aliphatic rings.